The number of rotatable bonds is 4. The van der Waals surface area contributed by atoms with Crippen LogP contribution in [-0.2, 0) is 13.1 Å². The fourth-order valence-corrected chi connectivity index (χ4v) is 2.40. The SMILES string of the molecule is CCn1ccn(Cc2cc3ccccc3nc2NN)c1=O. The summed E-state index contributed by atoms with van der Waals surface area (Å²) in [4.78, 5) is 16.6. The predicted octanol–water partition coefficient (Wildman–Crippen LogP) is 1.55. The number of fused-ring (bicyclic) bond motifs is 1. The van der Waals surface area contributed by atoms with Crippen LogP contribution in [-0.4, -0.2) is 14.1 Å². The molecular formula is C15H17N5O. The first kappa shape index (κ1) is 13.4. The van der Waals surface area contributed by atoms with Crippen molar-refractivity contribution in [2.24, 2.45) is 5.84 Å². The number of hydrazine groups is 1. The van der Waals surface area contributed by atoms with Crippen LogP contribution in [0.15, 0.2) is 47.5 Å². The second kappa shape index (κ2) is 5.41. The number of nitrogens with zero attached hydrogens (tertiary/aromatic N) is 3. The molecule has 2 heterocycles. The van der Waals surface area contributed by atoms with Crippen molar-refractivity contribution in [3.63, 3.8) is 0 Å². The zero-order chi connectivity index (χ0) is 14.8. The summed E-state index contributed by atoms with van der Waals surface area (Å²) >= 11 is 0. The van der Waals surface area contributed by atoms with Gasteiger partial charge in [0, 0.05) is 29.9 Å². The first-order valence-electron chi connectivity index (χ1n) is 6.83. The maximum Gasteiger partial charge on any atom is 0.328 e. The molecule has 0 unspecified atom stereocenters. The van der Waals surface area contributed by atoms with E-state index < -0.39 is 0 Å². The first-order chi connectivity index (χ1) is 10.2. The Balaban J connectivity index is 2.06. The monoisotopic (exact) mass is 283 g/mol. The molecule has 0 saturated heterocycles. The number of anilines is 1. The van der Waals surface area contributed by atoms with E-state index in [1.807, 2.05) is 37.3 Å². The molecule has 3 N–H and O–H groups in total. The number of hydrogen-bond acceptors (Lipinski definition) is 4. The molecule has 0 aliphatic heterocycles. The number of pyridine rings is 1. The molecular weight excluding hydrogens is 266 g/mol. The number of nitrogens with two attached hydrogens (primary N) is 1. The third-order valence-electron chi connectivity index (χ3n) is 3.54. The molecule has 0 radical (unpaired) electrons. The standard InChI is InChI=1S/C15H17N5O/c1-2-19-7-8-20(15(19)21)10-12-9-11-5-3-4-6-13(11)17-14(12)18-16/h3-9H,2,10,16H2,1H3,(H,17,18). The number of para-hydroxylation sites is 1. The number of hydrogen-bond donors (Lipinski definition) is 2. The summed E-state index contributed by atoms with van der Waals surface area (Å²) in [6.45, 7) is 3.03. The minimum Gasteiger partial charge on any atom is -0.308 e. The zero-order valence-corrected chi connectivity index (χ0v) is 11.8. The van der Waals surface area contributed by atoms with Gasteiger partial charge in [0.25, 0.3) is 0 Å². The van der Waals surface area contributed by atoms with Crippen molar-refractivity contribution in [2.75, 3.05) is 5.43 Å². The van der Waals surface area contributed by atoms with E-state index in [-0.39, 0.29) is 5.69 Å². The van der Waals surface area contributed by atoms with E-state index in [1.54, 1.807) is 21.5 Å². The van der Waals surface area contributed by atoms with Gasteiger partial charge in [0.1, 0.15) is 5.82 Å². The average molecular weight is 283 g/mol. The second-order valence-electron chi connectivity index (χ2n) is 4.83. The molecule has 6 nitrogen and oxygen atoms in total. The summed E-state index contributed by atoms with van der Waals surface area (Å²) in [6.07, 6.45) is 3.56. The molecule has 0 saturated carbocycles. The maximum absolute atomic E-state index is 12.1. The van der Waals surface area contributed by atoms with Crippen LogP contribution in [0, 0.1) is 0 Å². The van der Waals surface area contributed by atoms with Gasteiger partial charge in [-0.2, -0.15) is 0 Å². The molecule has 3 rings (SSSR count). The van der Waals surface area contributed by atoms with E-state index >= 15 is 0 Å². The Morgan fingerprint density at radius 3 is 2.71 bits per heavy atom. The molecule has 6 heteroatoms. The fraction of sp³-hybridized carbons (Fsp3) is 0.200. The molecule has 0 spiro atoms. The largest absolute Gasteiger partial charge is 0.328 e. The molecule has 3 aromatic rings. The van der Waals surface area contributed by atoms with Crippen LogP contribution in [0.3, 0.4) is 0 Å². The van der Waals surface area contributed by atoms with Crippen molar-refractivity contribution in [1.82, 2.24) is 14.1 Å². The molecule has 2 aromatic heterocycles. The van der Waals surface area contributed by atoms with Gasteiger partial charge in [0.05, 0.1) is 12.1 Å². The Labute approximate surface area is 121 Å². The Morgan fingerprint density at radius 2 is 2.00 bits per heavy atom. The van der Waals surface area contributed by atoms with Gasteiger partial charge in [-0.05, 0) is 19.1 Å². The summed E-state index contributed by atoms with van der Waals surface area (Å²) < 4.78 is 3.31. The molecule has 0 fully saturated rings. The van der Waals surface area contributed by atoms with Crippen molar-refractivity contribution >= 4 is 16.7 Å². The van der Waals surface area contributed by atoms with Gasteiger partial charge in [-0.25, -0.2) is 15.6 Å². The lowest BCUT2D eigenvalue weighted by atomic mass is 10.1. The summed E-state index contributed by atoms with van der Waals surface area (Å²) in [5.74, 6) is 6.15. The van der Waals surface area contributed by atoms with Crippen LogP contribution in [0.25, 0.3) is 10.9 Å². The summed E-state index contributed by atoms with van der Waals surface area (Å²) in [5, 5.41) is 1.02. The van der Waals surface area contributed by atoms with Crippen LogP contribution in [0.5, 0.6) is 0 Å². The molecule has 108 valence electrons. The lowest BCUT2D eigenvalue weighted by molar-refractivity contribution is 0.668. The molecule has 0 aliphatic carbocycles. The second-order valence-corrected chi connectivity index (χ2v) is 4.83. The van der Waals surface area contributed by atoms with E-state index in [0.29, 0.717) is 18.9 Å². The van der Waals surface area contributed by atoms with Gasteiger partial charge in [0.2, 0.25) is 0 Å². The third kappa shape index (κ3) is 2.41. The van der Waals surface area contributed by atoms with Crippen LogP contribution in [0.1, 0.15) is 12.5 Å². The maximum atomic E-state index is 12.1. The number of aromatic nitrogens is 3. The lowest BCUT2D eigenvalue weighted by Gasteiger charge is -2.10. The Morgan fingerprint density at radius 1 is 1.24 bits per heavy atom. The van der Waals surface area contributed by atoms with E-state index in [9.17, 15) is 4.79 Å². The Kier molecular flexibility index (Phi) is 3.45. The summed E-state index contributed by atoms with van der Waals surface area (Å²) in [7, 11) is 0. The highest BCUT2D eigenvalue weighted by Crippen LogP contribution is 2.20. The van der Waals surface area contributed by atoms with Crippen LogP contribution in [0.4, 0.5) is 5.82 Å². The summed E-state index contributed by atoms with van der Waals surface area (Å²) in [5.41, 5.74) is 4.33. The average Bonchev–Trinajstić information content (AvgIpc) is 2.87. The normalized spacial score (nSPS) is 11.0. The minimum absolute atomic E-state index is 0.0337. The molecule has 0 bridgehead atoms. The van der Waals surface area contributed by atoms with Gasteiger partial charge >= 0.3 is 5.69 Å². The smallest absolute Gasteiger partial charge is 0.308 e. The van der Waals surface area contributed by atoms with Crippen LogP contribution in [0.2, 0.25) is 0 Å². The van der Waals surface area contributed by atoms with E-state index in [1.165, 1.54) is 0 Å². The van der Waals surface area contributed by atoms with Gasteiger partial charge < -0.3 is 5.43 Å². The highest BCUT2D eigenvalue weighted by molar-refractivity contribution is 5.81. The number of benzene rings is 1. The fourth-order valence-electron chi connectivity index (χ4n) is 2.40. The van der Waals surface area contributed by atoms with Crippen LogP contribution >= 0.6 is 0 Å². The van der Waals surface area contributed by atoms with E-state index in [4.69, 9.17) is 5.84 Å². The minimum atomic E-state index is -0.0337. The zero-order valence-electron chi connectivity index (χ0n) is 11.8. The number of aryl methyl sites for hydroxylation is 1. The Bertz CT molecular complexity index is 833. The molecule has 0 amide bonds. The quantitative estimate of drug-likeness (QED) is 0.562. The van der Waals surface area contributed by atoms with Gasteiger partial charge in [-0.1, -0.05) is 18.2 Å². The van der Waals surface area contributed by atoms with Gasteiger partial charge in [-0.15, -0.1) is 0 Å². The highest BCUT2D eigenvalue weighted by atomic mass is 16.1. The van der Waals surface area contributed by atoms with Crippen molar-refractivity contribution in [2.45, 2.75) is 20.0 Å². The highest BCUT2D eigenvalue weighted by Gasteiger charge is 2.09. The number of imidazole rings is 1. The number of nitrogens with one attached hydrogen (secondary N) is 1. The van der Waals surface area contributed by atoms with E-state index in [0.717, 1.165) is 16.5 Å². The molecule has 0 atom stereocenters. The van der Waals surface area contributed by atoms with Crippen molar-refractivity contribution in [1.29, 1.82) is 0 Å². The van der Waals surface area contributed by atoms with Gasteiger partial charge in [0.15, 0.2) is 0 Å². The number of nitrogen functional groups attached to an aromatic ring is 1. The van der Waals surface area contributed by atoms with Crippen molar-refractivity contribution < 1.29 is 0 Å². The first-order valence-corrected chi connectivity index (χ1v) is 6.83. The van der Waals surface area contributed by atoms with Crippen molar-refractivity contribution in [3.8, 4) is 0 Å². The topological polar surface area (TPSA) is 77.9 Å². The van der Waals surface area contributed by atoms with E-state index in [2.05, 4.69) is 10.4 Å². The lowest BCUT2D eigenvalue weighted by Crippen LogP contribution is -2.24. The molecule has 1 aromatic carbocycles. The van der Waals surface area contributed by atoms with Crippen LogP contribution < -0.4 is 17.0 Å². The van der Waals surface area contributed by atoms with Gasteiger partial charge in [-0.3, -0.25) is 9.13 Å². The van der Waals surface area contributed by atoms with Crippen molar-refractivity contribution in [3.05, 3.63) is 58.8 Å². The molecule has 0 aliphatic rings. The Hall–Kier alpha value is -2.60. The summed E-state index contributed by atoms with van der Waals surface area (Å²) in [6, 6.07) is 9.82. The third-order valence-corrected chi connectivity index (χ3v) is 3.54. The predicted molar refractivity (Wildman–Crippen MR) is 83.0 cm³/mol. The molecule has 21 heavy (non-hydrogen) atoms.